The molecule has 7 nitrogen and oxygen atoms in total. The van der Waals surface area contributed by atoms with Gasteiger partial charge in [-0.05, 0) is 24.6 Å². The number of rotatable bonds is 12. The van der Waals surface area contributed by atoms with E-state index in [0.29, 0.717) is 18.7 Å². The van der Waals surface area contributed by atoms with Crippen molar-refractivity contribution in [3.8, 4) is 0 Å². The summed E-state index contributed by atoms with van der Waals surface area (Å²) in [5.74, 6) is -0.920. The molecule has 27 heavy (non-hydrogen) atoms. The van der Waals surface area contributed by atoms with Crippen molar-refractivity contribution in [2.75, 3.05) is 13.2 Å². The van der Waals surface area contributed by atoms with Gasteiger partial charge in [-0.3, -0.25) is 14.4 Å². The summed E-state index contributed by atoms with van der Waals surface area (Å²) in [7, 11) is 0. The highest BCUT2D eigenvalue weighted by molar-refractivity contribution is 6.03. The third-order valence-electron chi connectivity index (χ3n) is 4.78. The van der Waals surface area contributed by atoms with Gasteiger partial charge in [0.15, 0.2) is 11.4 Å². The highest BCUT2D eigenvalue weighted by Crippen LogP contribution is 2.33. The molecular weight excluding hydrogens is 348 g/mol. The highest BCUT2D eigenvalue weighted by Gasteiger charge is 2.50. The molecule has 1 heterocycles. The van der Waals surface area contributed by atoms with Crippen LogP contribution in [0, 0.1) is 0 Å². The average Bonchev–Trinajstić information content (AvgIpc) is 3.42. The Bertz CT molecular complexity index is 607. The molecule has 0 aromatic rings. The zero-order chi connectivity index (χ0) is 19.7. The zero-order valence-electron chi connectivity index (χ0n) is 16.0. The number of carbonyl (C=O) groups excluding carboxylic acids is 3. The Kier molecular flexibility index (Phi) is 8.19. The number of aliphatic hydroxyl groups excluding tert-OH is 1. The van der Waals surface area contributed by atoms with Gasteiger partial charge in [-0.2, -0.15) is 0 Å². The summed E-state index contributed by atoms with van der Waals surface area (Å²) in [5.41, 5.74) is -0.510. The zero-order valence-corrected chi connectivity index (χ0v) is 16.0. The first-order valence-corrected chi connectivity index (χ1v) is 9.81. The summed E-state index contributed by atoms with van der Waals surface area (Å²) in [5, 5.41) is 14.6. The van der Waals surface area contributed by atoms with Crippen molar-refractivity contribution in [3.63, 3.8) is 0 Å². The second-order valence-electron chi connectivity index (χ2n) is 7.14. The van der Waals surface area contributed by atoms with Crippen molar-refractivity contribution in [3.05, 3.63) is 23.9 Å². The van der Waals surface area contributed by atoms with Crippen LogP contribution in [0.5, 0.6) is 0 Å². The minimum atomic E-state index is -1.02. The minimum Gasteiger partial charge on any atom is -0.394 e. The van der Waals surface area contributed by atoms with E-state index in [4.69, 9.17) is 4.74 Å². The Hall–Kier alpha value is -1.99. The van der Waals surface area contributed by atoms with Crippen LogP contribution in [0.15, 0.2) is 23.9 Å². The molecule has 2 aliphatic rings. The van der Waals surface area contributed by atoms with Gasteiger partial charge in [0.25, 0.3) is 0 Å². The summed E-state index contributed by atoms with van der Waals surface area (Å²) in [6.07, 6.45) is 12.5. The van der Waals surface area contributed by atoms with Crippen molar-refractivity contribution < 1.29 is 24.2 Å². The maximum atomic E-state index is 12.3. The lowest BCUT2D eigenvalue weighted by Crippen LogP contribution is -2.48. The van der Waals surface area contributed by atoms with Gasteiger partial charge in [-0.15, -0.1) is 0 Å². The second-order valence-corrected chi connectivity index (χ2v) is 7.14. The molecule has 1 aliphatic heterocycles. The van der Waals surface area contributed by atoms with Crippen LogP contribution in [0.4, 0.5) is 0 Å². The molecule has 2 atom stereocenters. The Morgan fingerprint density at radius 2 is 1.85 bits per heavy atom. The van der Waals surface area contributed by atoms with Crippen LogP contribution in [0.25, 0.3) is 0 Å². The number of hydrogen-bond donors (Lipinski definition) is 3. The van der Waals surface area contributed by atoms with Gasteiger partial charge >= 0.3 is 0 Å². The molecule has 2 amide bonds. The topological polar surface area (TPSA) is 108 Å². The predicted octanol–water partition coefficient (Wildman–Crippen LogP) is 1.51. The first-order valence-electron chi connectivity index (χ1n) is 9.81. The summed E-state index contributed by atoms with van der Waals surface area (Å²) in [6, 6.07) is -1.02. The van der Waals surface area contributed by atoms with Crippen LogP contribution < -0.4 is 10.6 Å². The second kappa shape index (κ2) is 10.4. The third-order valence-corrected chi connectivity index (χ3v) is 4.78. The fraction of sp³-hybridized carbons (Fsp3) is 0.650. The molecule has 0 unspecified atom stereocenters. The van der Waals surface area contributed by atoms with E-state index in [1.54, 1.807) is 6.08 Å². The Balaban J connectivity index is 1.69. The molecule has 1 aliphatic carbocycles. The van der Waals surface area contributed by atoms with Gasteiger partial charge in [0.05, 0.1) is 13.2 Å². The van der Waals surface area contributed by atoms with E-state index in [9.17, 15) is 19.5 Å². The maximum Gasteiger partial charge on any atom is 0.249 e. The van der Waals surface area contributed by atoms with Gasteiger partial charge < -0.3 is 20.5 Å². The van der Waals surface area contributed by atoms with E-state index < -0.39 is 24.2 Å². The van der Waals surface area contributed by atoms with Crippen molar-refractivity contribution in [1.29, 1.82) is 0 Å². The SMILES string of the molecule is CCCCCCCCCC(=O)N[C@H](CO)C(=O)NC1=C[C@]2(CO2)C(=O)C=C1. The monoisotopic (exact) mass is 378 g/mol. The molecule has 1 fully saturated rings. The Morgan fingerprint density at radius 3 is 2.48 bits per heavy atom. The summed E-state index contributed by atoms with van der Waals surface area (Å²) >= 11 is 0. The van der Waals surface area contributed by atoms with E-state index in [-0.39, 0.29) is 11.7 Å². The van der Waals surface area contributed by atoms with Gasteiger partial charge in [-0.25, -0.2) is 0 Å². The van der Waals surface area contributed by atoms with Gasteiger partial charge in [0.2, 0.25) is 11.8 Å². The van der Waals surface area contributed by atoms with Crippen molar-refractivity contribution in [2.24, 2.45) is 0 Å². The van der Waals surface area contributed by atoms with Crippen LogP contribution in [0.1, 0.15) is 58.3 Å². The molecule has 0 bridgehead atoms. The quantitative estimate of drug-likeness (QED) is 0.352. The molecule has 3 N–H and O–H groups in total. The van der Waals surface area contributed by atoms with Crippen molar-refractivity contribution in [1.82, 2.24) is 10.6 Å². The molecule has 0 radical (unpaired) electrons. The summed E-state index contributed by atoms with van der Waals surface area (Å²) in [6.45, 7) is 1.98. The number of ketones is 1. The third kappa shape index (κ3) is 6.59. The molecule has 0 aromatic heterocycles. The number of epoxide rings is 1. The largest absolute Gasteiger partial charge is 0.394 e. The van der Waals surface area contributed by atoms with E-state index in [1.807, 2.05) is 0 Å². The van der Waals surface area contributed by atoms with E-state index in [2.05, 4.69) is 17.6 Å². The first-order chi connectivity index (χ1) is 13.0. The molecule has 2 rings (SSSR count). The number of allylic oxidation sites excluding steroid dienone is 1. The number of amides is 2. The van der Waals surface area contributed by atoms with Gasteiger partial charge in [0.1, 0.15) is 6.04 Å². The highest BCUT2D eigenvalue weighted by atomic mass is 16.6. The summed E-state index contributed by atoms with van der Waals surface area (Å²) in [4.78, 5) is 36.0. The normalized spacial score (nSPS) is 21.7. The predicted molar refractivity (Wildman–Crippen MR) is 101 cm³/mol. The first kappa shape index (κ1) is 21.3. The number of hydrogen-bond acceptors (Lipinski definition) is 5. The average molecular weight is 378 g/mol. The standard InChI is InChI=1S/C20H30N2O5/c1-2-3-4-5-6-7-8-9-18(25)22-16(13-23)19(26)21-15-10-11-17(24)20(12-15)14-27-20/h10-12,16,23H,2-9,13-14H2,1H3,(H,21,26)(H,22,25)/t16-,20+/m1/s1. The molecule has 1 spiro atoms. The lowest BCUT2D eigenvalue weighted by atomic mass is 9.98. The van der Waals surface area contributed by atoms with Gasteiger partial charge in [0, 0.05) is 12.1 Å². The number of nitrogens with one attached hydrogen (secondary N) is 2. The minimum absolute atomic E-state index is 0.151. The molecule has 0 saturated carbocycles. The van der Waals surface area contributed by atoms with Crippen molar-refractivity contribution in [2.45, 2.75) is 69.9 Å². The number of unbranched alkanes of at least 4 members (excludes halogenated alkanes) is 6. The molecule has 7 heteroatoms. The fourth-order valence-electron chi connectivity index (χ4n) is 2.99. The molecule has 150 valence electrons. The lowest BCUT2D eigenvalue weighted by Gasteiger charge is -2.18. The van der Waals surface area contributed by atoms with E-state index >= 15 is 0 Å². The number of aliphatic hydroxyl groups is 1. The van der Waals surface area contributed by atoms with Crippen LogP contribution in [-0.2, 0) is 19.1 Å². The van der Waals surface area contributed by atoms with Gasteiger partial charge in [-0.1, -0.05) is 45.4 Å². The number of ether oxygens (including phenoxy) is 1. The molecule has 1 saturated heterocycles. The Morgan fingerprint density at radius 1 is 1.19 bits per heavy atom. The smallest absolute Gasteiger partial charge is 0.249 e. The van der Waals surface area contributed by atoms with Crippen LogP contribution in [0.3, 0.4) is 0 Å². The van der Waals surface area contributed by atoms with Crippen LogP contribution in [0.2, 0.25) is 0 Å². The van der Waals surface area contributed by atoms with E-state index in [0.717, 1.165) is 19.3 Å². The summed E-state index contributed by atoms with van der Waals surface area (Å²) < 4.78 is 5.15. The molecular formula is C20H30N2O5. The van der Waals surface area contributed by atoms with Crippen LogP contribution >= 0.6 is 0 Å². The fourth-order valence-corrected chi connectivity index (χ4v) is 2.99. The lowest BCUT2D eigenvalue weighted by molar-refractivity contribution is -0.129. The number of carbonyl (C=O) groups is 3. The Labute approximate surface area is 160 Å². The maximum absolute atomic E-state index is 12.3. The molecule has 0 aromatic carbocycles. The van der Waals surface area contributed by atoms with Crippen LogP contribution in [-0.4, -0.2) is 47.6 Å². The van der Waals surface area contributed by atoms with E-state index in [1.165, 1.54) is 37.8 Å². The van der Waals surface area contributed by atoms with Crippen molar-refractivity contribution >= 4 is 17.6 Å².